The molecule has 0 radical (unpaired) electrons. The van der Waals surface area contributed by atoms with E-state index < -0.39 is 17.5 Å². The third-order valence-electron chi connectivity index (χ3n) is 4.22. The molecule has 1 amide bonds. The predicted molar refractivity (Wildman–Crippen MR) is 107 cm³/mol. The lowest BCUT2D eigenvalue weighted by Gasteiger charge is -2.13. The molecule has 3 rings (SSSR count). The summed E-state index contributed by atoms with van der Waals surface area (Å²) in [4.78, 5) is 12.0. The first-order chi connectivity index (χ1) is 14.5. The molecule has 0 aliphatic carbocycles. The van der Waals surface area contributed by atoms with Crippen molar-refractivity contribution < 1.29 is 27.8 Å². The number of hydrogen-bond acceptors (Lipinski definition) is 4. The van der Waals surface area contributed by atoms with Gasteiger partial charge in [-0.2, -0.15) is 0 Å². The number of halogens is 2. The van der Waals surface area contributed by atoms with Gasteiger partial charge in [-0.3, -0.25) is 4.79 Å². The van der Waals surface area contributed by atoms with E-state index in [0.717, 1.165) is 23.3 Å². The van der Waals surface area contributed by atoms with Crippen molar-refractivity contribution in [3.63, 3.8) is 0 Å². The van der Waals surface area contributed by atoms with Gasteiger partial charge in [-0.05, 0) is 35.4 Å². The summed E-state index contributed by atoms with van der Waals surface area (Å²) in [7, 11) is 1.54. The summed E-state index contributed by atoms with van der Waals surface area (Å²) in [5.41, 5.74) is 1.84. The van der Waals surface area contributed by atoms with Gasteiger partial charge in [-0.15, -0.1) is 0 Å². The van der Waals surface area contributed by atoms with Gasteiger partial charge in [0.15, 0.2) is 29.7 Å². The summed E-state index contributed by atoms with van der Waals surface area (Å²) in [5.74, 6) is -1.19. The average Bonchev–Trinajstić information content (AvgIpc) is 2.78. The van der Waals surface area contributed by atoms with Crippen LogP contribution in [0.25, 0.3) is 0 Å². The van der Waals surface area contributed by atoms with Gasteiger partial charge >= 0.3 is 0 Å². The highest BCUT2D eigenvalue weighted by molar-refractivity contribution is 5.77. The number of ether oxygens (including phenoxy) is 3. The second-order valence-electron chi connectivity index (χ2n) is 6.40. The average molecular weight is 413 g/mol. The second-order valence-corrected chi connectivity index (χ2v) is 6.40. The van der Waals surface area contributed by atoms with Crippen LogP contribution in [-0.2, 0) is 17.9 Å². The van der Waals surface area contributed by atoms with E-state index in [0.29, 0.717) is 18.1 Å². The van der Waals surface area contributed by atoms with Crippen LogP contribution >= 0.6 is 0 Å². The Kier molecular flexibility index (Phi) is 7.21. The summed E-state index contributed by atoms with van der Waals surface area (Å²) in [6.45, 7) is 0.338. The molecule has 0 bridgehead atoms. The molecule has 0 aliphatic rings. The molecule has 0 spiro atoms. The number of amides is 1. The Morgan fingerprint density at radius 1 is 0.867 bits per heavy atom. The van der Waals surface area contributed by atoms with Crippen LogP contribution in [0.3, 0.4) is 0 Å². The number of carbonyl (C=O) groups is 1. The maximum Gasteiger partial charge on any atom is 0.258 e. The van der Waals surface area contributed by atoms with Crippen LogP contribution in [0.15, 0.2) is 66.7 Å². The third kappa shape index (κ3) is 5.94. The lowest BCUT2D eigenvalue weighted by atomic mass is 10.2. The first-order valence-corrected chi connectivity index (χ1v) is 9.23. The topological polar surface area (TPSA) is 56.8 Å². The van der Waals surface area contributed by atoms with Crippen molar-refractivity contribution in [1.29, 1.82) is 0 Å². The highest BCUT2D eigenvalue weighted by Gasteiger charge is 2.09. The smallest absolute Gasteiger partial charge is 0.258 e. The molecule has 3 aromatic rings. The Labute approximate surface area is 173 Å². The highest BCUT2D eigenvalue weighted by Crippen LogP contribution is 2.28. The zero-order valence-corrected chi connectivity index (χ0v) is 16.4. The molecule has 5 nitrogen and oxygen atoms in total. The van der Waals surface area contributed by atoms with Gasteiger partial charge in [0.2, 0.25) is 0 Å². The van der Waals surface area contributed by atoms with E-state index in [1.807, 2.05) is 36.4 Å². The van der Waals surface area contributed by atoms with Gasteiger partial charge in [-0.25, -0.2) is 8.78 Å². The molecule has 7 heteroatoms. The molecule has 3 aromatic carbocycles. The Balaban J connectivity index is 1.50. The molecule has 0 aromatic heterocycles. The summed E-state index contributed by atoms with van der Waals surface area (Å²) in [5, 5.41) is 2.70. The van der Waals surface area contributed by atoms with E-state index in [1.54, 1.807) is 19.2 Å². The molecule has 1 N–H and O–H groups in total. The number of hydrogen-bond donors (Lipinski definition) is 1. The summed E-state index contributed by atoms with van der Waals surface area (Å²) in [6, 6.07) is 18.2. The molecule has 30 heavy (non-hydrogen) atoms. The quantitative estimate of drug-likeness (QED) is 0.570. The van der Waals surface area contributed by atoms with Gasteiger partial charge in [-0.1, -0.05) is 36.4 Å². The van der Waals surface area contributed by atoms with E-state index in [1.165, 1.54) is 6.07 Å². The fourth-order valence-corrected chi connectivity index (χ4v) is 2.64. The second kappa shape index (κ2) is 10.2. The van der Waals surface area contributed by atoms with Crippen molar-refractivity contribution in [2.75, 3.05) is 13.7 Å². The van der Waals surface area contributed by atoms with Crippen molar-refractivity contribution in [2.45, 2.75) is 13.2 Å². The molecule has 0 saturated carbocycles. The number of rotatable bonds is 9. The Morgan fingerprint density at radius 2 is 1.67 bits per heavy atom. The molecular formula is C23H21F2NO4. The standard InChI is InChI=1S/C23H21F2NO4/c1-28-22-11-17(7-10-21(22)30-14-16-5-3-2-4-6-16)13-26-23(27)15-29-18-8-9-19(24)20(25)12-18/h2-12H,13-15H2,1H3,(H,26,27). The monoisotopic (exact) mass is 413 g/mol. The van der Waals surface area contributed by atoms with Crippen LogP contribution < -0.4 is 19.5 Å². The van der Waals surface area contributed by atoms with E-state index in [4.69, 9.17) is 14.2 Å². The lowest BCUT2D eigenvalue weighted by Crippen LogP contribution is -2.28. The van der Waals surface area contributed by atoms with Crippen LogP contribution in [0, 0.1) is 11.6 Å². The van der Waals surface area contributed by atoms with Crippen LogP contribution in [0.5, 0.6) is 17.2 Å². The zero-order valence-electron chi connectivity index (χ0n) is 16.4. The minimum atomic E-state index is -1.03. The number of methoxy groups -OCH3 is 1. The molecule has 0 unspecified atom stereocenters. The molecule has 0 aliphatic heterocycles. The molecule has 0 saturated heterocycles. The predicted octanol–water partition coefficient (Wildman–Crippen LogP) is 4.25. The van der Waals surface area contributed by atoms with E-state index in [9.17, 15) is 13.6 Å². The van der Waals surface area contributed by atoms with Crippen molar-refractivity contribution in [2.24, 2.45) is 0 Å². The molecule has 156 valence electrons. The van der Waals surface area contributed by atoms with E-state index in [2.05, 4.69) is 5.32 Å². The highest BCUT2D eigenvalue weighted by atomic mass is 19.2. The van der Waals surface area contributed by atoms with Crippen molar-refractivity contribution in [1.82, 2.24) is 5.32 Å². The van der Waals surface area contributed by atoms with Gasteiger partial charge in [0.1, 0.15) is 12.4 Å². The molecular weight excluding hydrogens is 392 g/mol. The van der Waals surface area contributed by atoms with Gasteiger partial charge in [0.25, 0.3) is 5.91 Å². The third-order valence-corrected chi connectivity index (χ3v) is 4.22. The maximum atomic E-state index is 13.2. The van der Waals surface area contributed by atoms with Gasteiger partial charge in [0, 0.05) is 12.6 Å². The van der Waals surface area contributed by atoms with Crippen LogP contribution in [-0.4, -0.2) is 19.6 Å². The van der Waals surface area contributed by atoms with E-state index >= 15 is 0 Å². The van der Waals surface area contributed by atoms with Gasteiger partial charge < -0.3 is 19.5 Å². The first-order valence-electron chi connectivity index (χ1n) is 9.23. The molecule has 0 atom stereocenters. The van der Waals surface area contributed by atoms with Crippen LogP contribution in [0.2, 0.25) is 0 Å². The van der Waals surface area contributed by atoms with Crippen molar-refractivity contribution >= 4 is 5.91 Å². The van der Waals surface area contributed by atoms with Crippen molar-refractivity contribution in [3.8, 4) is 17.2 Å². The van der Waals surface area contributed by atoms with Gasteiger partial charge in [0.05, 0.1) is 7.11 Å². The lowest BCUT2D eigenvalue weighted by molar-refractivity contribution is -0.123. The summed E-state index contributed by atoms with van der Waals surface area (Å²) < 4.78 is 42.4. The van der Waals surface area contributed by atoms with Crippen LogP contribution in [0.1, 0.15) is 11.1 Å². The number of carbonyl (C=O) groups excluding carboxylic acids is 1. The Bertz CT molecular complexity index is 996. The normalized spacial score (nSPS) is 10.4. The Hall–Kier alpha value is -3.61. The summed E-state index contributed by atoms with van der Waals surface area (Å²) in [6.07, 6.45) is 0. The maximum absolute atomic E-state index is 13.2. The molecule has 0 fully saturated rings. The minimum Gasteiger partial charge on any atom is -0.493 e. The number of nitrogens with one attached hydrogen (secondary N) is 1. The van der Waals surface area contributed by atoms with Crippen LogP contribution in [0.4, 0.5) is 8.78 Å². The summed E-state index contributed by atoms with van der Waals surface area (Å²) >= 11 is 0. The number of benzene rings is 3. The minimum absolute atomic E-state index is 0.0747. The SMILES string of the molecule is COc1cc(CNC(=O)COc2ccc(F)c(F)c2)ccc1OCc1ccccc1. The fraction of sp³-hybridized carbons (Fsp3) is 0.174. The first kappa shape index (κ1) is 21.1. The van der Waals surface area contributed by atoms with E-state index in [-0.39, 0.29) is 18.9 Å². The fourth-order valence-electron chi connectivity index (χ4n) is 2.64. The van der Waals surface area contributed by atoms with Crippen molar-refractivity contribution in [3.05, 3.63) is 89.5 Å². The zero-order chi connectivity index (χ0) is 21.3. The molecule has 0 heterocycles. The Morgan fingerprint density at radius 3 is 2.40 bits per heavy atom. The largest absolute Gasteiger partial charge is 0.493 e.